The van der Waals surface area contributed by atoms with Gasteiger partial charge in [-0.15, -0.1) is 0 Å². The minimum Gasteiger partial charge on any atom is -0.364 e. The van der Waals surface area contributed by atoms with Gasteiger partial charge in [0.1, 0.15) is 5.82 Å². The van der Waals surface area contributed by atoms with E-state index in [1.165, 1.54) is 37.8 Å². The molecule has 3 heteroatoms. The van der Waals surface area contributed by atoms with Crippen molar-refractivity contribution in [2.45, 2.75) is 63.2 Å². The highest BCUT2D eigenvalue weighted by Crippen LogP contribution is 2.39. The molecule has 1 aliphatic carbocycles. The van der Waals surface area contributed by atoms with Crippen molar-refractivity contribution in [1.29, 1.82) is 0 Å². The van der Waals surface area contributed by atoms with Gasteiger partial charge in [-0.25, -0.2) is 4.39 Å². The first-order chi connectivity index (χ1) is 9.69. The fraction of sp³-hybridized carbons (Fsp3) is 0.647. The summed E-state index contributed by atoms with van der Waals surface area (Å²) in [6.07, 6.45) is 7.47. The van der Waals surface area contributed by atoms with E-state index in [2.05, 4.69) is 12.2 Å². The van der Waals surface area contributed by atoms with Gasteiger partial charge in [0.15, 0.2) is 0 Å². The summed E-state index contributed by atoms with van der Waals surface area (Å²) in [5, 5.41) is 3.61. The number of rotatable bonds is 1. The molecule has 0 radical (unpaired) electrons. The van der Waals surface area contributed by atoms with E-state index in [0.717, 1.165) is 24.9 Å². The standard InChI is InChI=1S/C17H24FNO/c1-13-16(14-6-8-15(18)9-7-14)20-17(12-19-13)10-4-2-3-5-11-17/h6-9,13,16,19H,2-5,10-12H2,1H3. The highest BCUT2D eigenvalue weighted by Gasteiger charge is 2.40. The van der Waals surface area contributed by atoms with Crippen LogP contribution in [0.3, 0.4) is 0 Å². The molecule has 110 valence electrons. The number of nitrogens with one attached hydrogen (secondary N) is 1. The minimum absolute atomic E-state index is 0.0118. The van der Waals surface area contributed by atoms with Gasteiger partial charge in [-0.05, 0) is 37.5 Å². The van der Waals surface area contributed by atoms with Gasteiger partial charge in [0.25, 0.3) is 0 Å². The van der Waals surface area contributed by atoms with Gasteiger partial charge in [0.05, 0.1) is 11.7 Å². The molecular weight excluding hydrogens is 253 g/mol. The molecule has 3 rings (SSSR count). The van der Waals surface area contributed by atoms with Crippen molar-refractivity contribution in [3.05, 3.63) is 35.6 Å². The molecule has 1 aromatic rings. The number of halogens is 1. The fourth-order valence-electron chi connectivity index (χ4n) is 3.54. The van der Waals surface area contributed by atoms with E-state index in [1.807, 2.05) is 12.1 Å². The Hall–Kier alpha value is -0.930. The molecule has 2 aliphatic rings. The van der Waals surface area contributed by atoms with Gasteiger partial charge in [0, 0.05) is 12.6 Å². The monoisotopic (exact) mass is 277 g/mol. The third-order valence-electron chi connectivity index (χ3n) is 4.79. The van der Waals surface area contributed by atoms with E-state index in [9.17, 15) is 4.39 Å². The van der Waals surface area contributed by atoms with Gasteiger partial charge < -0.3 is 10.1 Å². The van der Waals surface area contributed by atoms with Crippen LogP contribution < -0.4 is 5.32 Å². The van der Waals surface area contributed by atoms with Crippen molar-refractivity contribution in [3.63, 3.8) is 0 Å². The molecule has 1 spiro atoms. The topological polar surface area (TPSA) is 21.3 Å². The lowest BCUT2D eigenvalue weighted by atomic mass is 9.89. The molecule has 1 aliphatic heterocycles. The lowest BCUT2D eigenvalue weighted by molar-refractivity contribution is -0.142. The summed E-state index contributed by atoms with van der Waals surface area (Å²) in [5.74, 6) is -0.186. The summed E-state index contributed by atoms with van der Waals surface area (Å²) >= 11 is 0. The smallest absolute Gasteiger partial charge is 0.123 e. The van der Waals surface area contributed by atoms with Crippen molar-refractivity contribution in [2.24, 2.45) is 0 Å². The Morgan fingerprint density at radius 2 is 1.75 bits per heavy atom. The van der Waals surface area contributed by atoms with Crippen LogP contribution in [0.4, 0.5) is 4.39 Å². The van der Waals surface area contributed by atoms with Gasteiger partial charge in [-0.2, -0.15) is 0 Å². The first-order valence-electron chi connectivity index (χ1n) is 7.85. The number of hydrogen-bond donors (Lipinski definition) is 1. The molecule has 1 aromatic carbocycles. The highest BCUT2D eigenvalue weighted by molar-refractivity contribution is 5.21. The maximum absolute atomic E-state index is 13.1. The molecule has 2 nitrogen and oxygen atoms in total. The first-order valence-corrected chi connectivity index (χ1v) is 7.85. The fourth-order valence-corrected chi connectivity index (χ4v) is 3.54. The van der Waals surface area contributed by atoms with Crippen molar-refractivity contribution >= 4 is 0 Å². The number of ether oxygens (including phenoxy) is 1. The molecule has 2 unspecified atom stereocenters. The summed E-state index contributed by atoms with van der Waals surface area (Å²) < 4.78 is 19.6. The summed E-state index contributed by atoms with van der Waals surface area (Å²) in [7, 11) is 0. The molecule has 0 amide bonds. The van der Waals surface area contributed by atoms with Gasteiger partial charge in [0.2, 0.25) is 0 Å². The zero-order valence-electron chi connectivity index (χ0n) is 12.2. The first kappa shape index (κ1) is 14.0. The maximum Gasteiger partial charge on any atom is 0.123 e. The lowest BCUT2D eigenvalue weighted by Gasteiger charge is -2.45. The molecule has 1 N–H and O–H groups in total. The third-order valence-corrected chi connectivity index (χ3v) is 4.79. The van der Waals surface area contributed by atoms with Gasteiger partial charge in [-0.1, -0.05) is 37.8 Å². The van der Waals surface area contributed by atoms with Crippen LogP contribution in [0.5, 0.6) is 0 Å². The summed E-state index contributed by atoms with van der Waals surface area (Å²) in [5.41, 5.74) is 1.07. The van der Waals surface area contributed by atoms with Gasteiger partial charge >= 0.3 is 0 Å². The minimum atomic E-state index is -0.186. The second-order valence-corrected chi connectivity index (χ2v) is 6.36. The Labute approximate surface area is 120 Å². The maximum atomic E-state index is 13.1. The Bertz CT molecular complexity index is 437. The van der Waals surface area contributed by atoms with E-state index in [0.29, 0.717) is 0 Å². The van der Waals surface area contributed by atoms with Crippen LogP contribution in [0.2, 0.25) is 0 Å². The van der Waals surface area contributed by atoms with Crippen LogP contribution in [0.1, 0.15) is 57.1 Å². The highest BCUT2D eigenvalue weighted by atomic mass is 19.1. The van der Waals surface area contributed by atoms with Crippen LogP contribution in [0.15, 0.2) is 24.3 Å². The zero-order valence-corrected chi connectivity index (χ0v) is 12.2. The molecule has 2 fully saturated rings. The molecule has 20 heavy (non-hydrogen) atoms. The second kappa shape index (κ2) is 5.82. The van der Waals surface area contributed by atoms with E-state index in [1.54, 1.807) is 0 Å². The molecule has 0 bridgehead atoms. The molecule has 1 heterocycles. The van der Waals surface area contributed by atoms with E-state index >= 15 is 0 Å². The Morgan fingerprint density at radius 3 is 2.40 bits per heavy atom. The number of benzene rings is 1. The molecule has 2 atom stereocenters. The largest absolute Gasteiger partial charge is 0.364 e. The average Bonchev–Trinajstić information content (AvgIpc) is 2.69. The summed E-state index contributed by atoms with van der Waals surface area (Å²) in [4.78, 5) is 0. The van der Waals surface area contributed by atoms with Crippen LogP contribution >= 0.6 is 0 Å². The third kappa shape index (κ3) is 2.89. The predicted molar refractivity (Wildman–Crippen MR) is 78.1 cm³/mol. The Kier molecular flexibility index (Phi) is 4.08. The Morgan fingerprint density at radius 1 is 1.10 bits per heavy atom. The number of hydrogen-bond acceptors (Lipinski definition) is 2. The van der Waals surface area contributed by atoms with Crippen LogP contribution in [-0.4, -0.2) is 18.2 Å². The summed E-state index contributed by atoms with van der Waals surface area (Å²) in [6, 6.07) is 7.04. The van der Waals surface area contributed by atoms with E-state index < -0.39 is 0 Å². The Balaban J connectivity index is 1.80. The van der Waals surface area contributed by atoms with Crippen molar-refractivity contribution in [3.8, 4) is 0 Å². The summed E-state index contributed by atoms with van der Waals surface area (Å²) in [6.45, 7) is 3.10. The van der Waals surface area contributed by atoms with E-state index in [4.69, 9.17) is 4.74 Å². The van der Waals surface area contributed by atoms with Crippen molar-refractivity contribution in [2.75, 3.05) is 6.54 Å². The SMILES string of the molecule is CC1NCC2(CCCCCC2)OC1c1ccc(F)cc1. The van der Waals surface area contributed by atoms with Gasteiger partial charge in [-0.3, -0.25) is 0 Å². The van der Waals surface area contributed by atoms with E-state index in [-0.39, 0.29) is 23.6 Å². The predicted octanol–water partition coefficient (Wildman–Crippen LogP) is 3.97. The molecule has 0 aromatic heterocycles. The normalized spacial score (nSPS) is 30.1. The number of morpholine rings is 1. The molecular formula is C17H24FNO. The average molecular weight is 277 g/mol. The quantitative estimate of drug-likeness (QED) is 0.838. The lowest BCUT2D eigenvalue weighted by Crippen LogP contribution is -2.54. The van der Waals surface area contributed by atoms with Crippen molar-refractivity contribution in [1.82, 2.24) is 5.32 Å². The van der Waals surface area contributed by atoms with Crippen molar-refractivity contribution < 1.29 is 9.13 Å². The zero-order chi connectivity index (χ0) is 14.0. The van der Waals surface area contributed by atoms with Crippen LogP contribution in [-0.2, 0) is 4.74 Å². The molecule has 1 saturated heterocycles. The van der Waals surface area contributed by atoms with Crippen LogP contribution in [0, 0.1) is 5.82 Å². The molecule has 1 saturated carbocycles. The second-order valence-electron chi connectivity index (χ2n) is 6.36. The van der Waals surface area contributed by atoms with Crippen LogP contribution in [0.25, 0.3) is 0 Å².